The van der Waals surface area contributed by atoms with E-state index in [-0.39, 0.29) is 17.9 Å². The van der Waals surface area contributed by atoms with Crippen molar-refractivity contribution in [3.63, 3.8) is 0 Å². The summed E-state index contributed by atoms with van der Waals surface area (Å²) in [6, 6.07) is 8.05. The molecule has 1 N–H and O–H groups in total. The summed E-state index contributed by atoms with van der Waals surface area (Å²) in [5, 5.41) is 9.76. The largest absolute Gasteiger partial charge is 0.396 e. The minimum atomic E-state index is -0.117. The van der Waals surface area contributed by atoms with Crippen LogP contribution in [0, 0.1) is 5.41 Å². The Balaban J connectivity index is 1.66. The van der Waals surface area contributed by atoms with E-state index in [1.165, 1.54) is 5.69 Å². The molecule has 0 unspecified atom stereocenters. The van der Waals surface area contributed by atoms with Gasteiger partial charge in [-0.1, -0.05) is 6.92 Å². The van der Waals surface area contributed by atoms with Gasteiger partial charge in [-0.05, 0) is 50.6 Å². The van der Waals surface area contributed by atoms with Gasteiger partial charge in [-0.3, -0.25) is 4.79 Å². The van der Waals surface area contributed by atoms with Gasteiger partial charge in [0.15, 0.2) is 0 Å². The lowest BCUT2D eigenvalue weighted by Gasteiger charge is -2.41. The van der Waals surface area contributed by atoms with Gasteiger partial charge < -0.3 is 19.8 Å². The molecule has 0 bridgehead atoms. The van der Waals surface area contributed by atoms with E-state index in [9.17, 15) is 9.90 Å². The Bertz CT molecular complexity index is 575. The zero-order chi connectivity index (χ0) is 17.9. The van der Waals surface area contributed by atoms with Gasteiger partial charge in [0.1, 0.15) is 0 Å². The minimum absolute atomic E-state index is 0.0934. The predicted octanol–water partition coefficient (Wildman–Crippen LogP) is 2.06. The van der Waals surface area contributed by atoms with Gasteiger partial charge in [0.25, 0.3) is 5.91 Å². The van der Waals surface area contributed by atoms with Crippen molar-refractivity contribution in [1.29, 1.82) is 0 Å². The SMILES string of the molecule is CC[C@]1(CO)CCCN(C(=O)c2ccc(N3CCN(C)CC3)cc2)C1. The second kappa shape index (κ2) is 7.75. The van der Waals surface area contributed by atoms with Crippen molar-refractivity contribution in [3.8, 4) is 0 Å². The number of rotatable bonds is 4. The fourth-order valence-electron chi connectivity index (χ4n) is 3.97. The highest BCUT2D eigenvalue weighted by atomic mass is 16.3. The summed E-state index contributed by atoms with van der Waals surface area (Å²) in [6.45, 7) is 7.95. The quantitative estimate of drug-likeness (QED) is 0.907. The van der Waals surface area contributed by atoms with Crippen LogP contribution in [0.1, 0.15) is 36.5 Å². The molecule has 2 saturated heterocycles. The summed E-state index contributed by atoms with van der Waals surface area (Å²) in [6.07, 6.45) is 2.89. The number of hydrogen-bond acceptors (Lipinski definition) is 4. The molecule has 1 amide bonds. The van der Waals surface area contributed by atoms with Crippen LogP contribution < -0.4 is 4.90 Å². The lowest BCUT2D eigenvalue weighted by Crippen LogP contribution is -2.47. The Morgan fingerprint density at radius 2 is 1.80 bits per heavy atom. The normalized spacial score (nSPS) is 25.2. The van der Waals surface area contributed by atoms with Gasteiger partial charge in [0.05, 0.1) is 6.61 Å². The molecule has 5 heteroatoms. The van der Waals surface area contributed by atoms with E-state index in [1.807, 2.05) is 17.0 Å². The van der Waals surface area contributed by atoms with Crippen LogP contribution in [-0.2, 0) is 0 Å². The van der Waals surface area contributed by atoms with Gasteiger partial charge in [-0.15, -0.1) is 0 Å². The van der Waals surface area contributed by atoms with Crippen molar-refractivity contribution >= 4 is 11.6 Å². The van der Waals surface area contributed by atoms with E-state index in [0.29, 0.717) is 6.54 Å². The second-order valence-corrected chi connectivity index (χ2v) is 7.68. The molecule has 0 spiro atoms. The average molecular weight is 345 g/mol. The first kappa shape index (κ1) is 18.2. The molecule has 1 aromatic rings. The van der Waals surface area contributed by atoms with Crippen molar-refractivity contribution in [2.75, 3.05) is 57.8 Å². The van der Waals surface area contributed by atoms with Crippen LogP contribution in [-0.4, -0.2) is 73.7 Å². The molecule has 1 aromatic carbocycles. The number of likely N-dealkylation sites (N-methyl/N-ethyl adjacent to an activating group) is 1. The Morgan fingerprint density at radius 3 is 2.40 bits per heavy atom. The predicted molar refractivity (Wildman–Crippen MR) is 101 cm³/mol. The van der Waals surface area contributed by atoms with E-state index in [4.69, 9.17) is 0 Å². The summed E-state index contributed by atoms with van der Waals surface area (Å²) in [5.41, 5.74) is 1.83. The first-order valence-electron chi connectivity index (χ1n) is 9.50. The number of anilines is 1. The summed E-state index contributed by atoms with van der Waals surface area (Å²) in [7, 11) is 2.15. The summed E-state index contributed by atoms with van der Waals surface area (Å²) in [4.78, 5) is 19.5. The van der Waals surface area contributed by atoms with Crippen LogP contribution in [0.3, 0.4) is 0 Å². The lowest BCUT2D eigenvalue weighted by molar-refractivity contribution is 0.0252. The summed E-state index contributed by atoms with van der Waals surface area (Å²) < 4.78 is 0. The monoisotopic (exact) mass is 345 g/mol. The fraction of sp³-hybridized carbons (Fsp3) is 0.650. The molecule has 25 heavy (non-hydrogen) atoms. The number of benzene rings is 1. The number of carbonyl (C=O) groups excluding carboxylic acids is 1. The summed E-state index contributed by atoms with van der Waals surface area (Å²) in [5.74, 6) is 0.0934. The third-order valence-electron chi connectivity index (χ3n) is 6.02. The van der Waals surface area contributed by atoms with Crippen molar-refractivity contribution < 1.29 is 9.90 Å². The molecular formula is C20H31N3O2. The standard InChI is InChI=1S/C20H31N3O2/c1-3-20(16-24)9-4-10-23(15-20)19(25)17-5-7-18(8-6-17)22-13-11-21(2)12-14-22/h5-8,24H,3-4,9-16H2,1-2H3/t20-/m0/s1. The van der Waals surface area contributed by atoms with Crippen LogP contribution in [0.25, 0.3) is 0 Å². The number of likely N-dealkylation sites (tertiary alicyclic amines) is 1. The molecule has 2 aliphatic rings. The molecule has 0 aliphatic carbocycles. The zero-order valence-electron chi connectivity index (χ0n) is 15.6. The van der Waals surface area contributed by atoms with Crippen LogP contribution in [0.2, 0.25) is 0 Å². The van der Waals surface area contributed by atoms with Gasteiger partial charge in [0, 0.05) is 55.9 Å². The average Bonchev–Trinajstić information content (AvgIpc) is 2.68. The number of carbonyl (C=O) groups is 1. The molecule has 2 fully saturated rings. The fourth-order valence-corrected chi connectivity index (χ4v) is 3.97. The lowest BCUT2D eigenvalue weighted by atomic mass is 9.78. The van der Waals surface area contributed by atoms with Crippen molar-refractivity contribution in [2.24, 2.45) is 5.41 Å². The minimum Gasteiger partial charge on any atom is -0.396 e. The maximum atomic E-state index is 12.9. The smallest absolute Gasteiger partial charge is 0.253 e. The molecule has 138 valence electrons. The maximum absolute atomic E-state index is 12.9. The van der Waals surface area contributed by atoms with Gasteiger partial charge >= 0.3 is 0 Å². The van der Waals surface area contributed by atoms with Gasteiger partial charge in [-0.2, -0.15) is 0 Å². The molecular weight excluding hydrogens is 314 g/mol. The Labute approximate surface area is 151 Å². The molecule has 3 rings (SSSR count). The number of aliphatic hydroxyl groups excluding tert-OH is 1. The first-order valence-corrected chi connectivity index (χ1v) is 9.50. The van der Waals surface area contributed by atoms with Crippen molar-refractivity contribution in [3.05, 3.63) is 29.8 Å². The number of piperidine rings is 1. The Hall–Kier alpha value is -1.59. The molecule has 2 aliphatic heterocycles. The van der Waals surface area contributed by atoms with Crippen LogP contribution in [0.15, 0.2) is 24.3 Å². The van der Waals surface area contributed by atoms with E-state index >= 15 is 0 Å². The second-order valence-electron chi connectivity index (χ2n) is 7.68. The third kappa shape index (κ3) is 3.98. The van der Waals surface area contributed by atoms with E-state index in [1.54, 1.807) is 0 Å². The van der Waals surface area contributed by atoms with Crippen LogP contribution in [0.5, 0.6) is 0 Å². The summed E-state index contributed by atoms with van der Waals surface area (Å²) >= 11 is 0. The first-order chi connectivity index (χ1) is 12.1. The molecule has 0 aromatic heterocycles. The molecule has 2 heterocycles. The van der Waals surface area contributed by atoms with E-state index < -0.39 is 0 Å². The van der Waals surface area contributed by atoms with Crippen molar-refractivity contribution in [1.82, 2.24) is 9.80 Å². The Kier molecular flexibility index (Phi) is 5.64. The number of piperazine rings is 1. The number of nitrogens with zero attached hydrogens (tertiary/aromatic N) is 3. The Morgan fingerprint density at radius 1 is 1.12 bits per heavy atom. The molecule has 0 radical (unpaired) electrons. The highest BCUT2D eigenvalue weighted by Crippen LogP contribution is 2.33. The molecule has 1 atom stereocenters. The van der Waals surface area contributed by atoms with Crippen molar-refractivity contribution in [2.45, 2.75) is 26.2 Å². The number of amides is 1. The van der Waals surface area contributed by atoms with Crippen LogP contribution >= 0.6 is 0 Å². The maximum Gasteiger partial charge on any atom is 0.253 e. The number of hydrogen-bond donors (Lipinski definition) is 1. The third-order valence-corrected chi connectivity index (χ3v) is 6.02. The highest BCUT2D eigenvalue weighted by Gasteiger charge is 2.35. The van der Waals surface area contributed by atoms with Gasteiger partial charge in [-0.25, -0.2) is 0 Å². The highest BCUT2D eigenvalue weighted by molar-refractivity contribution is 5.94. The van der Waals surface area contributed by atoms with E-state index in [0.717, 1.165) is 57.5 Å². The van der Waals surface area contributed by atoms with Crippen LogP contribution in [0.4, 0.5) is 5.69 Å². The van der Waals surface area contributed by atoms with Gasteiger partial charge in [0.2, 0.25) is 0 Å². The zero-order valence-corrected chi connectivity index (χ0v) is 15.6. The molecule has 0 saturated carbocycles. The van der Waals surface area contributed by atoms with E-state index in [2.05, 4.69) is 35.9 Å². The number of aliphatic hydroxyl groups is 1. The molecule has 5 nitrogen and oxygen atoms in total. The topological polar surface area (TPSA) is 47.0 Å².